The van der Waals surface area contributed by atoms with Crippen LogP contribution in [0.2, 0.25) is 5.02 Å². The summed E-state index contributed by atoms with van der Waals surface area (Å²) >= 11 is 6.15. The van der Waals surface area contributed by atoms with E-state index in [0.29, 0.717) is 23.8 Å². The second-order valence-corrected chi connectivity index (χ2v) is 6.54. The van der Waals surface area contributed by atoms with Crippen molar-refractivity contribution in [3.8, 4) is 11.3 Å². The molecule has 0 aliphatic carbocycles. The van der Waals surface area contributed by atoms with E-state index in [1.807, 2.05) is 54.1 Å². The van der Waals surface area contributed by atoms with Gasteiger partial charge in [0.1, 0.15) is 0 Å². The summed E-state index contributed by atoms with van der Waals surface area (Å²) < 4.78 is 1.84. The molecule has 0 saturated carbocycles. The van der Waals surface area contributed by atoms with E-state index in [-0.39, 0.29) is 5.91 Å². The Morgan fingerprint density at radius 2 is 1.85 bits per heavy atom. The molecule has 26 heavy (non-hydrogen) atoms. The molecule has 1 aromatic heterocycles. The molecule has 0 bridgehead atoms. The standard InChI is InChI=1S/C20H21ClN4O/c1-13-9-16(7-8-17(13)21)19-10-18(20(26)23-2)24-25(19)12-15-5-3-14(11-22)4-6-15/h3-10H,11-12,22H2,1-2H3,(H,23,26). The zero-order valence-electron chi connectivity index (χ0n) is 14.8. The Hall–Kier alpha value is -2.63. The highest BCUT2D eigenvalue weighted by Crippen LogP contribution is 2.26. The van der Waals surface area contributed by atoms with Gasteiger partial charge >= 0.3 is 0 Å². The lowest BCUT2D eigenvalue weighted by atomic mass is 10.1. The number of aryl methyl sites for hydroxylation is 1. The topological polar surface area (TPSA) is 72.9 Å². The van der Waals surface area contributed by atoms with Crippen LogP contribution >= 0.6 is 11.6 Å². The molecular formula is C20H21ClN4O. The number of hydrogen-bond donors (Lipinski definition) is 2. The fourth-order valence-corrected chi connectivity index (χ4v) is 2.88. The number of rotatable bonds is 5. The van der Waals surface area contributed by atoms with E-state index in [0.717, 1.165) is 27.9 Å². The van der Waals surface area contributed by atoms with Gasteiger partial charge in [0, 0.05) is 24.2 Å². The maximum absolute atomic E-state index is 12.0. The zero-order chi connectivity index (χ0) is 18.7. The van der Waals surface area contributed by atoms with E-state index < -0.39 is 0 Å². The van der Waals surface area contributed by atoms with Crippen molar-refractivity contribution in [1.29, 1.82) is 0 Å². The fourth-order valence-electron chi connectivity index (χ4n) is 2.77. The first-order valence-electron chi connectivity index (χ1n) is 8.36. The summed E-state index contributed by atoms with van der Waals surface area (Å²) in [6, 6.07) is 15.7. The minimum Gasteiger partial charge on any atom is -0.354 e. The first-order chi connectivity index (χ1) is 12.5. The molecule has 0 spiro atoms. The highest BCUT2D eigenvalue weighted by Gasteiger charge is 2.15. The van der Waals surface area contributed by atoms with Crippen LogP contribution in [-0.2, 0) is 13.1 Å². The van der Waals surface area contributed by atoms with Crippen molar-refractivity contribution in [3.63, 3.8) is 0 Å². The summed E-state index contributed by atoms with van der Waals surface area (Å²) in [7, 11) is 1.60. The summed E-state index contributed by atoms with van der Waals surface area (Å²) in [4.78, 5) is 12.0. The third kappa shape index (κ3) is 3.79. The highest BCUT2D eigenvalue weighted by molar-refractivity contribution is 6.31. The molecule has 0 aliphatic heterocycles. The Bertz CT molecular complexity index is 931. The third-order valence-corrected chi connectivity index (χ3v) is 4.71. The third-order valence-electron chi connectivity index (χ3n) is 4.28. The average Bonchev–Trinajstić information content (AvgIpc) is 3.07. The Morgan fingerprint density at radius 3 is 2.46 bits per heavy atom. The number of aromatic nitrogens is 2. The highest BCUT2D eigenvalue weighted by atomic mass is 35.5. The number of hydrogen-bond acceptors (Lipinski definition) is 3. The molecule has 3 rings (SSSR count). The molecule has 3 aromatic rings. The minimum atomic E-state index is -0.214. The SMILES string of the molecule is CNC(=O)c1cc(-c2ccc(Cl)c(C)c2)n(Cc2ccc(CN)cc2)n1. The Morgan fingerprint density at radius 1 is 1.15 bits per heavy atom. The molecular weight excluding hydrogens is 348 g/mol. The predicted molar refractivity (Wildman–Crippen MR) is 104 cm³/mol. The van der Waals surface area contributed by atoms with Crippen LogP contribution in [0.4, 0.5) is 0 Å². The van der Waals surface area contributed by atoms with Crippen molar-refractivity contribution in [2.45, 2.75) is 20.0 Å². The predicted octanol–water partition coefficient (Wildman–Crippen LogP) is 3.38. The largest absolute Gasteiger partial charge is 0.354 e. The van der Waals surface area contributed by atoms with Crippen LogP contribution < -0.4 is 11.1 Å². The lowest BCUT2D eigenvalue weighted by Gasteiger charge is -2.09. The van der Waals surface area contributed by atoms with Gasteiger partial charge in [0.25, 0.3) is 5.91 Å². The Kier molecular flexibility index (Phi) is 5.40. The molecule has 5 nitrogen and oxygen atoms in total. The van der Waals surface area contributed by atoms with E-state index in [1.165, 1.54) is 0 Å². The molecule has 0 radical (unpaired) electrons. The van der Waals surface area contributed by atoms with Crippen LogP contribution in [0.5, 0.6) is 0 Å². The van der Waals surface area contributed by atoms with Crippen molar-refractivity contribution >= 4 is 17.5 Å². The van der Waals surface area contributed by atoms with E-state index in [9.17, 15) is 4.79 Å². The smallest absolute Gasteiger partial charge is 0.271 e. The van der Waals surface area contributed by atoms with Crippen molar-refractivity contribution in [3.05, 3.63) is 75.9 Å². The van der Waals surface area contributed by atoms with Crippen LogP contribution in [0.1, 0.15) is 27.2 Å². The molecule has 1 heterocycles. The van der Waals surface area contributed by atoms with Gasteiger partial charge in [-0.05, 0) is 41.8 Å². The number of carbonyl (C=O) groups excluding carboxylic acids is 1. The van der Waals surface area contributed by atoms with E-state index in [4.69, 9.17) is 17.3 Å². The molecule has 0 fully saturated rings. The van der Waals surface area contributed by atoms with Crippen molar-refractivity contribution in [2.24, 2.45) is 5.73 Å². The van der Waals surface area contributed by atoms with Crippen LogP contribution in [-0.4, -0.2) is 22.7 Å². The average molecular weight is 369 g/mol. The minimum absolute atomic E-state index is 0.214. The van der Waals surface area contributed by atoms with Gasteiger partial charge in [-0.1, -0.05) is 41.9 Å². The number of benzene rings is 2. The zero-order valence-corrected chi connectivity index (χ0v) is 15.5. The van der Waals surface area contributed by atoms with Gasteiger partial charge in [-0.15, -0.1) is 0 Å². The normalized spacial score (nSPS) is 10.8. The van der Waals surface area contributed by atoms with Gasteiger partial charge in [-0.25, -0.2) is 0 Å². The van der Waals surface area contributed by atoms with Gasteiger partial charge in [0.2, 0.25) is 0 Å². The van der Waals surface area contributed by atoms with Gasteiger partial charge in [-0.2, -0.15) is 5.10 Å². The number of carbonyl (C=O) groups is 1. The van der Waals surface area contributed by atoms with Crippen molar-refractivity contribution in [1.82, 2.24) is 15.1 Å². The quantitative estimate of drug-likeness (QED) is 0.725. The van der Waals surface area contributed by atoms with Gasteiger partial charge in [-0.3, -0.25) is 9.48 Å². The Balaban J connectivity index is 2.02. The maximum atomic E-state index is 12.0. The van der Waals surface area contributed by atoms with Gasteiger partial charge < -0.3 is 11.1 Å². The summed E-state index contributed by atoms with van der Waals surface area (Å²) in [5.41, 5.74) is 11.0. The summed E-state index contributed by atoms with van der Waals surface area (Å²) in [6.45, 7) is 3.02. The molecule has 6 heteroatoms. The van der Waals surface area contributed by atoms with E-state index in [1.54, 1.807) is 13.1 Å². The second kappa shape index (κ2) is 7.72. The van der Waals surface area contributed by atoms with Crippen LogP contribution in [0.15, 0.2) is 48.5 Å². The summed E-state index contributed by atoms with van der Waals surface area (Å²) in [5.74, 6) is -0.214. The molecule has 0 atom stereocenters. The van der Waals surface area contributed by atoms with Crippen molar-refractivity contribution in [2.75, 3.05) is 7.05 Å². The second-order valence-electron chi connectivity index (χ2n) is 6.14. The maximum Gasteiger partial charge on any atom is 0.271 e. The summed E-state index contributed by atoms with van der Waals surface area (Å²) in [6.07, 6.45) is 0. The first-order valence-corrected chi connectivity index (χ1v) is 8.74. The first kappa shape index (κ1) is 18.2. The molecule has 0 saturated heterocycles. The number of halogens is 1. The van der Waals surface area contributed by atoms with Crippen LogP contribution in [0, 0.1) is 6.92 Å². The molecule has 3 N–H and O–H groups in total. The van der Waals surface area contributed by atoms with Gasteiger partial charge in [0.15, 0.2) is 5.69 Å². The molecule has 1 amide bonds. The van der Waals surface area contributed by atoms with Crippen LogP contribution in [0.25, 0.3) is 11.3 Å². The number of nitrogens with one attached hydrogen (secondary N) is 1. The summed E-state index contributed by atoms with van der Waals surface area (Å²) in [5, 5.41) is 7.83. The molecule has 2 aromatic carbocycles. The number of amides is 1. The van der Waals surface area contributed by atoms with E-state index >= 15 is 0 Å². The molecule has 0 aliphatic rings. The van der Waals surface area contributed by atoms with Crippen molar-refractivity contribution < 1.29 is 4.79 Å². The Labute approximate surface area is 157 Å². The number of nitrogens with two attached hydrogens (primary N) is 1. The molecule has 134 valence electrons. The lowest BCUT2D eigenvalue weighted by molar-refractivity contribution is 0.0957. The van der Waals surface area contributed by atoms with Crippen LogP contribution in [0.3, 0.4) is 0 Å². The monoisotopic (exact) mass is 368 g/mol. The fraction of sp³-hybridized carbons (Fsp3) is 0.200. The van der Waals surface area contributed by atoms with E-state index in [2.05, 4.69) is 10.4 Å². The lowest BCUT2D eigenvalue weighted by Crippen LogP contribution is -2.18. The number of nitrogens with zero attached hydrogens (tertiary/aromatic N) is 2. The molecule has 0 unspecified atom stereocenters. The van der Waals surface area contributed by atoms with Gasteiger partial charge in [0.05, 0.1) is 12.2 Å².